The van der Waals surface area contributed by atoms with E-state index in [1.807, 2.05) is 49.4 Å². The lowest BCUT2D eigenvalue weighted by Gasteiger charge is -2.43. The number of carbonyl (C=O) groups is 2. The molecule has 2 unspecified atom stereocenters. The second-order valence-corrected chi connectivity index (χ2v) is 7.78. The molecule has 27 heavy (non-hydrogen) atoms. The molecule has 1 amide bonds. The maximum absolute atomic E-state index is 12.9. The molecule has 0 saturated carbocycles. The predicted molar refractivity (Wildman–Crippen MR) is 102 cm³/mol. The Morgan fingerprint density at radius 1 is 1.22 bits per heavy atom. The van der Waals surface area contributed by atoms with Gasteiger partial charge in [0, 0.05) is 28.6 Å². The lowest BCUT2D eigenvalue weighted by atomic mass is 9.85. The van der Waals surface area contributed by atoms with E-state index in [0.29, 0.717) is 12.1 Å². The van der Waals surface area contributed by atoms with Gasteiger partial charge in [-0.2, -0.15) is 0 Å². The van der Waals surface area contributed by atoms with Crippen LogP contribution in [0, 0.1) is 5.92 Å². The number of β-lactam (4-membered cyclic amide) rings is 1. The molecule has 0 aliphatic carbocycles. The van der Waals surface area contributed by atoms with E-state index in [2.05, 4.69) is 4.98 Å². The van der Waals surface area contributed by atoms with Crippen LogP contribution < -0.4 is 0 Å². The van der Waals surface area contributed by atoms with Crippen molar-refractivity contribution in [2.45, 2.75) is 37.3 Å². The number of esters is 1. The smallest absolute Gasteiger partial charge is 0.356 e. The van der Waals surface area contributed by atoms with Crippen LogP contribution in [0.4, 0.5) is 0 Å². The van der Waals surface area contributed by atoms with E-state index in [1.54, 1.807) is 17.3 Å². The maximum Gasteiger partial charge on any atom is 0.356 e. The van der Waals surface area contributed by atoms with E-state index >= 15 is 0 Å². The molecule has 1 aromatic carbocycles. The summed E-state index contributed by atoms with van der Waals surface area (Å²) in [5.74, 6) is -0.405. The number of pyridine rings is 1. The fourth-order valence-electron chi connectivity index (χ4n) is 3.62. The van der Waals surface area contributed by atoms with Crippen molar-refractivity contribution in [3.63, 3.8) is 0 Å². The second-order valence-electron chi connectivity index (χ2n) is 6.61. The van der Waals surface area contributed by atoms with Gasteiger partial charge in [-0.15, -0.1) is 0 Å². The van der Waals surface area contributed by atoms with Crippen LogP contribution in [0.25, 0.3) is 0 Å². The number of amides is 1. The van der Waals surface area contributed by atoms with Crippen molar-refractivity contribution in [1.29, 1.82) is 0 Å². The normalized spacial score (nSPS) is 21.1. The molecular weight excluding hydrogens is 360 g/mol. The summed E-state index contributed by atoms with van der Waals surface area (Å²) >= 11 is 1.52. The summed E-state index contributed by atoms with van der Waals surface area (Å²) in [6.07, 6.45) is 4.94. The largest absolute Gasteiger partial charge is 0.456 e. The number of fused-ring (bicyclic) bond motifs is 1. The topological polar surface area (TPSA) is 59.5 Å². The standard InChI is InChI=1S/C21H20N2O3S/c1-2-16-17-12-18(27-15-8-10-22-11-9-15)19(23(17)20(16)24)21(25)26-13-14-6-4-3-5-7-14/h3-11,16-17H,2,12-13H2,1H3. The number of rotatable bonds is 6. The number of hydrogen-bond acceptors (Lipinski definition) is 5. The molecule has 0 spiro atoms. The molecule has 2 atom stereocenters. The Morgan fingerprint density at radius 3 is 2.67 bits per heavy atom. The fourth-order valence-corrected chi connectivity index (χ4v) is 4.70. The Labute approximate surface area is 162 Å². The third-order valence-corrected chi connectivity index (χ3v) is 6.10. The highest BCUT2D eigenvalue weighted by Crippen LogP contribution is 2.48. The maximum atomic E-state index is 12.9. The molecule has 1 saturated heterocycles. The van der Waals surface area contributed by atoms with Gasteiger partial charge in [0.25, 0.3) is 0 Å². The zero-order valence-electron chi connectivity index (χ0n) is 15.0. The molecule has 6 heteroatoms. The number of benzene rings is 1. The van der Waals surface area contributed by atoms with Crippen molar-refractivity contribution in [1.82, 2.24) is 9.88 Å². The summed E-state index contributed by atoms with van der Waals surface area (Å²) in [4.78, 5) is 32.9. The number of thioether (sulfide) groups is 1. The predicted octanol–water partition coefficient (Wildman–Crippen LogP) is 3.77. The van der Waals surface area contributed by atoms with Crippen LogP contribution in [0.2, 0.25) is 0 Å². The van der Waals surface area contributed by atoms with Crippen LogP contribution in [-0.4, -0.2) is 27.8 Å². The summed E-state index contributed by atoms with van der Waals surface area (Å²) in [6, 6.07) is 13.4. The minimum atomic E-state index is -0.430. The zero-order valence-corrected chi connectivity index (χ0v) is 15.8. The first-order valence-corrected chi connectivity index (χ1v) is 9.86. The quantitative estimate of drug-likeness (QED) is 0.564. The van der Waals surface area contributed by atoms with Crippen LogP contribution in [0.5, 0.6) is 0 Å². The van der Waals surface area contributed by atoms with Crippen LogP contribution in [-0.2, 0) is 20.9 Å². The molecular formula is C21H20N2O3S. The van der Waals surface area contributed by atoms with E-state index in [-0.39, 0.29) is 24.5 Å². The lowest BCUT2D eigenvalue weighted by molar-refractivity contribution is -0.157. The monoisotopic (exact) mass is 380 g/mol. The number of nitrogens with zero attached hydrogens (tertiary/aromatic N) is 2. The van der Waals surface area contributed by atoms with Gasteiger partial charge in [-0.05, 0) is 24.1 Å². The summed E-state index contributed by atoms with van der Waals surface area (Å²) in [5.41, 5.74) is 1.33. The van der Waals surface area contributed by atoms with Crippen molar-refractivity contribution in [2.75, 3.05) is 0 Å². The average Bonchev–Trinajstić information content (AvgIpc) is 3.02. The number of carbonyl (C=O) groups excluding carboxylic acids is 2. The first kappa shape index (κ1) is 17.8. The van der Waals surface area contributed by atoms with Crippen molar-refractivity contribution >= 4 is 23.6 Å². The van der Waals surface area contributed by atoms with E-state index in [9.17, 15) is 9.59 Å². The van der Waals surface area contributed by atoms with Crippen molar-refractivity contribution in [2.24, 2.45) is 5.92 Å². The Balaban J connectivity index is 1.57. The molecule has 0 N–H and O–H groups in total. The summed E-state index contributed by atoms with van der Waals surface area (Å²) in [5, 5.41) is 0. The summed E-state index contributed by atoms with van der Waals surface area (Å²) in [7, 11) is 0. The third-order valence-electron chi connectivity index (χ3n) is 4.99. The summed E-state index contributed by atoms with van der Waals surface area (Å²) < 4.78 is 5.53. The molecule has 1 aromatic heterocycles. The average molecular weight is 380 g/mol. The van der Waals surface area contributed by atoms with Crippen molar-refractivity contribution in [3.8, 4) is 0 Å². The molecule has 2 aliphatic heterocycles. The minimum absolute atomic E-state index is 0.00235. The molecule has 4 rings (SSSR count). The Morgan fingerprint density at radius 2 is 1.96 bits per heavy atom. The SMILES string of the molecule is CCC1C(=O)N2C(C(=O)OCc3ccccc3)=C(Sc3ccncc3)CC12. The van der Waals surface area contributed by atoms with Gasteiger partial charge in [0.1, 0.15) is 12.3 Å². The number of hydrogen-bond donors (Lipinski definition) is 0. The van der Waals surface area contributed by atoms with Crippen molar-refractivity contribution in [3.05, 3.63) is 71.0 Å². The van der Waals surface area contributed by atoms with Crippen LogP contribution in [0.1, 0.15) is 25.3 Å². The zero-order chi connectivity index (χ0) is 18.8. The number of aromatic nitrogens is 1. The third kappa shape index (κ3) is 3.37. The van der Waals surface area contributed by atoms with Gasteiger partial charge in [-0.25, -0.2) is 4.79 Å². The lowest BCUT2D eigenvalue weighted by Crippen LogP contribution is -2.58. The van der Waals surface area contributed by atoms with Gasteiger partial charge in [0.15, 0.2) is 0 Å². The Hall–Kier alpha value is -2.60. The molecule has 5 nitrogen and oxygen atoms in total. The first-order chi connectivity index (χ1) is 13.2. The van der Waals surface area contributed by atoms with Crippen molar-refractivity contribution < 1.29 is 14.3 Å². The fraction of sp³-hybridized carbons (Fsp3) is 0.286. The van der Waals surface area contributed by atoms with Gasteiger partial charge in [-0.1, -0.05) is 49.0 Å². The van der Waals surface area contributed by atoms with E-state index in [1.165, 1.54) is 11.8 Å². The van der Waals surface area contributed by atoms with E-state index in [4.69, 9.17) is 4.74 Å². The van der Waals surface area contributed by atoms with Gasteiger partial charge >= 0.3 is 5.97 Å². The van der Waals surface area contributed by atoms with Gasteiger partial charge < -0.3 is 9.64 Å². The van der Waals surface area contributed by atoms with Crippen LogP contribution in [0.15, 0.2) is 70.4 Å². The highest BCUT2D eigenvalue weighted by atomic mass is 32.2. The molecule has 0 radical (unpaired) electrons. The molecule has 3 heterocycles. The molecule has 2 aromatic rings. The van der Waals surface area contributed by atoms with Crippen LogP contribution >= 0.6 is 11.8 Å². The highest BCUT2D eigenvalue weighted by Gasteiger charge is 2.54. The molecule has 138 valence electrons. The van der Waals surface area contributed by atoms with E-state index < -0.39 is 5.97 Å². The minimum Gasteiger partial charge on any atom is -0.456 e. The van der Waals surface area contributed by atoms with Gasteiger partial charge in [-0.3, -0.25) is 9.78 Å². The molecule has 0 bridgehead atoms. The van der Waals surface area contributed by atoms with Crippen LogP contribution in [0.3, 0.4) is 0 Å². The Kier molecular flexibility index (Phi) is 4.99. The second kappa shape index (κ2) is 7.56. The Bertz CT molecular complexity index is 883. The summed E-state index contributed by atoms with van der Waals surface area (Å²) in [6.45, 7) is 2.21. The first-order valence-electron chi connectivity index (χ1n) is 9.04. The number of ether oxygens (including phenoxy) is 1. The highest BCUT2D eigenvalue weighted by molar-refractivity contribution is 8.03. The molecule has 2 aliphatic rings. The van der Waals surface area contributed by atoms with Gasteiger partial charge in [0.05, 0.1) is 12.0 Å². The van der Waals surface area contributed by atoms with Gasteiger partial charge in [0.2, 0.25) is 5.91 Å². The van der Waals surface area contributed by atoms with E-state index in [0.717, 1.165) is 21.8 Å². The molecule has 1 fully saturated rings.